The lowest BCUT2D eigenvalue weighted by molar-refractivity contribution is -0.125. The first-order valence-corrected chi connectivity index (χ1v) is 10.8. The number of carbonyl (C=O) groups is 1. The van der Waals surface area contributed by atoms with E-state index < -0.39 is 0 Å². The zero-order chi connectivity index (χ0) is 21.4. The quantitative estimate of drug-likeness (QED) is 0.776. The van der Waals surface area contributed by atoms with Crippen LogP contribution in [0.4, 0.5) is 0 Å². The van der Waals surface area contributed by atoms with Crippen LogP contribution in [0.25, 0.3) is 0 Å². The van der Waals surface area contributed by atoms with Crippen LogP contribution in [0.1, 0.15) is 28.7 Å². The molecule has 0 fully saturated rings. The molecule has 31 heavy (non-hydrogen) atoms. The van der Waals surface area contributed by atoms with Crippen LogP contribution in [-0.4, -0.2) is 52.7 Å². The summed E-state index contributed by atoms with van der Waals surface area (Å²) in [6.07, 6.45) is 0.997. The van der Waals surface area contributed by atoms with Crippen molar-refractivity contribution in [2.45, 2.75) is 26.4 Å². The van der Waals surface area contributed by atoms with Crippen molar-refractivity contribution in [3.8, 4) is 6.07 Å². The monoisotopic (exact) mass is 411 g/mol. The summed E-state index contributed by atoms with van der Waals surface area (Å²) in [5, 5.41) is 9.18. The predicted octanol–water partition coefficient (Wildman–Crippen LogP) is 3.04. The Labute approximate surface area is 182 Å². The van der Waals surface area contributed by atoms with Gasteiger partial charge in [-0.3, -0.25) is 19.6 Å². The Bertz CT molecular complexity index is 1130. The average Bonchev–Trinajstić information content (AvgIpc) is 3.22. The van der Waals surface area contributed by atoms with E-state index in [9.17, 15) is 10.1 Å². The number of fused-ring (bicyclic) bond motifs is 2. The maximum Gasteiger partial charge on any atom is 0.259 e. The van der Waals surface area contributed by atoms with E-state index >= 15 is 0 Å². The number of rotatable bonds is 4. The van der Waals surface area contributed by atoms with E-state index in [4.69, 9.17) is 4.99 Å². The normalized spacial score (nSPS) is 18.6. The van der Waals surface area contributed by atoms with Gasteiger partial charge in [-0.25, -0.2) is 0 Å². The van der Waals surface area contributed by atoms with Crippen LogP contribution in [0, 0.1) is 18.3 Å². The number of aryl methyl sites for hydroxylation is 1. The van der Waals surface area contributed by atoms with Crippen LogP contribution in [0.15, 0.2) is 64.8 Å². The summed E-state index contributed by atoms with van der Waals surface area (Å²) < 4.78 is 0. The van der Waals surface area contributed by atoms with Crippen LogP contribution >= 0.6 is 0 Å². The van der Waals surface area contributed by atoms with Crippen LogP contribution in [0.5, 0.6) is 0 Å². The summed E-state index contributed by atoms with van der Waals surface area (Å²) in [5.74, 6) is 0.865. The van der Waals surface area contributed by atoms with Gasteiger partial charge in [0.15, 0.2) is 0 Å². The lowest BCUT2D eigenvalue weighted by atomic mass is 10.1. The molecule has 156 valence electrons. The molecule has 3 aliphatic heterocycles. The Morgan fingerprint density at radius 2 is 1.90 bits per heavy atom. The Kier molecular flexibility index (Phi) is 5.05. The second-order valence-corrected chi connectivity index (χ2v) is 8.45. The Morgan fingerprint density at radius 3 is 2.71 bits per heavy atom. The fraction of sp³-hybridized carbons (Fsp3) is 0.320. The van der Waals surface area contributed by atoms with Crippen molar-refractivity contribution in [1.29, 1.82) is 5.26 Å². The summed E-state index contributed by atoms with van der Waals surface area (Å²) in [7, 11) is 0. The maximum absolute atomic E-state index is 13.5. The molecule has 0 aromatic heterocycles. The number of hydrogen-bond donors (Lipinski definition) is 0. The number of amides is 1. The van der Waals surface area contributed by atoms with Gasteiger partial charge in [0, 0.05) is 38.4 Å². The fourth-order valence-electron chi connectivity index (χ4n) is 4.58. The van der Waals surface area contributed by atoms with Gasteiger partial charge in [0.2, 0.25) is 5.96 Å². The lowest BCUT2D eigenvalue weighted by Crippen LogP contribution is -2.53. The van der Waals surface area contributed by atoms with Gasteiger partial charge in [0.1, 0.15) is 0 Å². The maximum atomic E-state index is 13.5. The standard InChI is InChI=1S/C25H25N5O/c1-18-6-8-19(9-7-18)15-30-24(31)22-16-28(14-21-5-2-4-20(12-21)13-26)17-23(22)29-11-3-10-27-25(29)30/h2,4-9,12H,3,10-11,14-17H2,1H3. The molecule has 6 heteroatoms. The molecule has 0 bridgehead atoms. The molecule has 0 N–H and O–H groups in total. The van der Waals surface area contributed by atoms with Crippen LogP contribution in [0.3, 0.4) is 0 Å². The molecular formula is C25H25N5O. The molecule has 0 radical (unpaired) electrons. The number of aliphatic imine (C=N–C) groups is 1. The molecule has 0 saturated carbocycles. The first kappa shape index (κ1) is 19.5. The van der Waals surface area contributed by atoms with E-state index in [0.717, 1.165) is 54.4 Å². The molecule has 2 aromatic rings. The van der Waals surface area contributed by atoms with Gasteiger partial charge in [-0.2, -0.15) is 5.26 Å². The topological polar surface area (TPSA) is 62.9 Å². The summed E-state index contributed by atoms with van der Waals surface area (Å²) >= 11 is 0. The van der Waals surface area contributed by atoms with E-state index in [0.29, 0.717) is 25.2 Å². The van der Waals surface area contributed by atoms with Gasteiger partial charge in [0.25, 0.3) is 5.91 Å². The summed E-state index contributed by atoms with van der Waals surface area (Å²) in [6, 6.07) is 18.3. The minimum Gasteiger partial charge on any atom is -0.314 e. The van der Waals surface area contributed by atoms with Crippen molar-refractivity contribution in [2.24, 2.45) is 4.99 Å². The molecular weight excluding hydrogens is 386 g/mol. The van der Waals surface area contributed by atoms with E-state index in [-0.39, 0.29) is 5.91 Å². The summed E-state index contributed by atoms with van der Waals surface area (Å²) in [6.45, 7) is 6.33. The van der Waals surface area contributed by atoms with Crippen LogP contribution in [0.2, 0.25) is 0 Å². The Morgan fingerprint density at radius 1 is 1.06 bits per heavy atom. The van der Waals surface area contributed by atoms with E-state index in [2.05, 4.69) is 47.1 Å². The number of nitrogens with zero attached hydrogens (tertiary/aromatic N) is 5. The highest BCUT2D eigenvalue weighted by molar-refractivity contribution is 6.09. The van der Waals surface area contributed by atoms with E-state index in [1.807, 2.05) is 29.2 Å². The average molecular weight is 412 g/mol. The molecule has 0 atom stereocenters. The van der Waals surface area contributed by atoms with Crippen molar-refractivity contribution in [3.05, 3.63) is 82.1 Å². The minimum absolute atomic E-state index is 0.0701. The van der Waals surface area contributed by atoms with Gasteiger partial charge in [0.05, 0.1) is 23.8 Å². The van der Waals surface area contributed by atoms with Crippen molar-refractivity contribution in [2.75, 3.05) is 26.2 Å². The van der Waals surface area contributed by atoms with Crippen LogP contribution in [-0.2, 0) is 17.9 Å². The zero-order valence-corrected chi connectivity index (χ0v) is 17.7. The molecule has 3 aliphatic rings. The minimum atomic E-state index is 0.0701. The van der Waals surface area contributed by atoms with Gasteiger partial charge in [-0.1, -0.05) is 42.0 Å². The van der Waals surface area contributed by atoms with Crippen molar-refractivity contribution >= 4 is 11.9 Å². The zero-order valence-electron chi connectivity index (χ0n) is 17.7. The number of hydrogen-bond acceptors (Lipinski definition) is 5. The predicted molar refractivity (Wildman–Crippen MR) is 119 cm³/mol. The fourth-order valence-corrected chi connectivity index (χ4v) is 4.58. The lowest BCUT2D eigenvalue weighted by Gasteiger charge is -2.40. The molecule has 1 amide bonds. The molecule has 0 unspecified atom stereocenters. The largest absolute Gasteiger partial charge is 0.314 e. The van der Waals surface area contributed by atoms with Crippen molar-refractivity contribution < 1.29 is 4.79 Å². The van der Waals surface area contributed by atoms with Crippen molar-refractivity contribution in [3.63, 3.8) is 0 Å². The Balaban J connectivity index is 1.39. The van der Waals surface area contributed by atoms with Crippen molar-refractivity contribution in [1.82, 2.24) is 14.7 Å². The summed E-state index contributed by atoms with van der Waals surface area (Å²) in [5.41, 5.74) is 6.06. The molecule has 6 nitrogen and oxygen atoms in total. The highest BCUT2D eigenvalue weighted by Crippen LogP contribution is 2.32. The number of benzene rings is 2. The number of nitriles is 1. The third kappa shape index (κ3) is 3.73. The third-order valence-corrected chi connectivity index (χ3v) is 6.13. The molecule has 0 saturated heterocycles. The molecule has 5 rings (SSSR count). The highest BCUT2D eigenvalue weighted by Gasteiger charge is 2.41. The molecule has 2 aromatic carbocycles. The van der Waals surface area contributed by atoms with Gasteiger partial charge in [-0.05, 0) is 36.6 Å². The Hall–Kier alpha value is -3.43. The second kappa shape index (κ2) is 8.01. The number of carbonyl (C=O) groups excluding carboxylic acids is 1. The number of guanidine groups is 1. The SMILES string of the molecule is Cc1ccc(CN2C(=O)C3=C(CN(Cc4cccc(C#N)c4)C3)N3CCCN=C23)cc1. The third-order valence-electron chi connectivity index (χ3n) is 6.13. The first-order chi connectivity index (χ1) is 15.1. The first-order valence-electron chi connectivity index (χ1n) is 10.8. The van der Waals surface area contributed by atoms with E-state index in [1.54, 1.807) is 0 Å². The summed E-state index contributed by atoms with van der Waals surface area (Å²) in [4.78, 5) is 24.6. The van der Waals surface area contributed by atoms with Crippen LogP contribution < -0.4 is 0 Å². The molecule has 3 heterocycles. The molecule has 0 aliphatic carbocycles. The van der Waals surface area contributed by atoms with Gasteiger partial charge in [-0.15, -0.1) is 0 Å². The second-order valence-electron chi connectivity index (χ2n) is 8.45. The molecule has 0 spiro atoms. The smallest absolute Gasteiger partial charge is 0.259 e. The highest BCUT2D eigenvalue weighted by atomic mass is 16.2. The van der Waals surface area contributed by atoms with Gasteiger partial charge < -0.3 is 4.90 Å². The van der Waals surface area contributed by atoms with Gasteiger partial charge >= 0.3 is 0 Å². The van der Waals surface area contributed by atoms with E-state index in [1.165, 1.54) is 5.56 Å².